The van der Waals surface area contributed by atoms with Crippen molar-refractivity contribution in [3.05, 3.63) is 88.2 Å². The van der Waals surface area contributed by atoms with E-state index in [-0.39, 0.29) is 21.5 Å². The fourth-order valence-corrected chi connectivity index (χ4v) is 5.15. The van der Waals surface area contributed by atoms with Crippen LogP contribution in [0.15, 0.2) is 62.8 Å². The van der Waals surface area contributed by atoms with E-state index in [0.29, 0.717) is 5.02 Å². The van der Waals surface area contributed by atoms with Crippen LogP contribution in [-0.4, -0.2) is 23.3 Å². The minimum Gasteiger partial charge on any atom is -0.463 e. The molecule has 0 spiro atoms. The van der Waals surface area contributed by atoms with Crippen molar-refractivity contribution >= 4 is 46.3 Å². The van der Waals surface area contributed by atoms with E-state index in [1.807, 2.05) is 5.38 Å². The van der Waals surface area contributed by atoms with Gasteiger partial charge in [-0.3, -0.25) is 9.36 Å². The topological polar surface area (TPSA) is 60.7 Å². The van der Waals surface area contributed by atoms with Gasteiger partial charge in [0.1, 0.15) is 0 Å². The number of allylic oxidation sites excluding steroid dienone is 1. The largest absolute Gasteiger partial charge is 0.463 e. The highest BCUT2D eigenvalue weighted by molar-refractivity contribution is 7.11. The highest BCUT2D eigenvalue weighted by atomic mass is 35.5. The minimum atomic E-state index is -4.93. The van der Waals surface area contributed by atoms with E-state index in [0.717, 1.165) is 20.8 Å². The number of alkyl halides is 3. The molecular weight excluding hydrogens is 485 g/mol. The number of ether oxygens (including phenoxy) is 1. The Bertz CT molecular complexity index is 1370. The van der Waals surface area contributed by atoms with Gasteiger partial charge in [0.05, 0.1) is 22.8 Å². The molecule has 3 heterocycles. The lowest BCUT2D eigenvalue weighted by molar-refractivity contribution is -0.140. The SMILES string of the molecule is CCOC(=O)C1=C(C(F)(F)F)N=c2s/c(=C\c3cccs3)c(=O)n2[C@H]1c1ccc(Cl)cc1. The summed E-state index contributed by atoms with van der Waals surface area (Å²) in [4.78, 5) is 30.3. The van der Waals surface area contributed by atoms with Gasteiger partial charge in [-0.25, -0.2) is 9.79 Å². The van der Waals surface area contributed by atoms with Gasteiger partial charge in [0.2, 0.25) is 0 Å². The third-order valence-electron chi connectivity index (χ3n) is 4.60. The van der Waals surface area contributed by atoms with Gasteiger partial charge in [0, 0.05) is 9.90 Å². The van der Waals surface area contributed by atoms with Crippen LogP contribution in [-0.2, 0) is 9.53 Å². The number of thiazole rings is 1. The number of nitrogens with zero attached hydrogens (tertiary/aromatic N) is 2. The highest BCUT2D eigenvalue weighted by Crippen LogP contribution is 2.38. The molecule has 0 aliphatic carbocycles. The summed E-state index contributed by atoms with van der Waals surface area (Å²) in [6, 6.07) is 8.12. The normalized spacial score (nSPS) is 16.7. The van der Waals surface area contributed by atoms with Crippen LogP contribution < -0.4 is 14.9 Å². The van der Waals surface area contributed by atoms with Crippen LogP contribution in [0.3, 0.4) is 0 Å². The Balaban J connectivity index is 2.06. The first-order chi connectivity index (χ1) is 15.2. The second kappa shape index (κ2) is 8.68. The van der Waals surface area contributed by atoms with Crippen LogP contribution in [0.4, 0.5) is 13.2 Å². The molecule has 32 heavy (non-hydrogen) atoms. The van der Waals surface area contributed by atoms with Gasteiger partial charge in [-0.05, 0) is 42.1 Å². The van der Waals surface area contributed by atoms with Crippen LogP contribution in [0.25, 0.3) is 6.08 Å². The fraction of sp³-hybridized carbons (Fsp3) is 0.190. The summed E-state index contributed by atoms with van der Waals surface area (Å²) < 4.78 is 48.2. The Hall–Kier alpha value is -2.69. The molecule has 0 saturated heterocycles. The number of benzene rings is 1. The number of halogens is 4. The zero-order valence-electron chi connectivity index (χ0n) is 16.4. The molecule has 1 aliphatic heterocycles. The number of rotatable bonds is 4. The van der Waals surface area contributed by atoms with E-state index < -0.39 is 35.0 Å². The van der Waals surface area contributed by atoms with E-state index >= 15 is 0 Å². The molecule has 0 unspecified atom stereocenters. The van der Waals surface area contributed by atoms with Gasteiger partial charge in [-0.1, -0.05) is 41.1 Å². The van der Waals surface area contributed by atoms with Gasteiger partial charge in [0.25, 0.3) is 5.56 Å². The zero-order chi connectivity index (χ0) is 23.0. The Morgan fingerprint density at radius 1 is 1.28 bits per heavy atom. The second-order valence-corrected chi connectivity index (χ2v) is 9.06. The maximum Gasteiger partial charge on any atom is 0.434 e. The fourth-order valence-electron chi connectivity index (χ4n) is 3.30. The molecular formula is C21H14ClF3N2O3S2. The quantitative estimate of drug-likeness (QED) is 0.510. The highest BCUT2D eigenvalue weighted by Gasteiger charge is 2.45. The summed E-state index contributed by atoms with van der Waals surface area (Å²) in [6.45, 7) is 1.35. The molecule has 1 aliphatic rings. The lowest BCUT2D eigenvalue weighted by Gasteiger charge is -2.26. The third-order valence-corrected chi connectivity index (χ3v) is 6.65. The van der Waals surface area contributed by atoms with Crippen molar-refractivity contribution < 1.29 is 22.7 Å². The molecule has 2 aromatic heterocycles. The second-order valence-electron chi connectivity index (χ2n) is 6.63. The first-order valence-corrected chi connectivity index (χ1v) is 11.4. The Morgan fingerprint density at radius 2 is 2.00 bits per heavy atom. The molecule has 0 N–H and O–H groups in total. The molecule has 0 saturated carbocycles. The molecule has 11 heteroatoms. The van der Waals surface area contributed by atoms with Gasteiger partial charge in [-0.2, -0.15) is 13.2 Å². The molecule has 4 rings (SSSR count). The number of carbonyl (C=O) groups is 1. The smallest absolute Gasteiger partial charge is 0.434 e. The van der Waals surface area contributed by atoms with E-state index in [4.69, 9.17) is 16.3 Å². The maximum absolute atomic E-state index is 14.0. The van der Waals surface area contributed by atoms with E-state index in [1.165, 1.54) is 42.5 Å². The monoisotopic (exact) mass is 498 g/mol. The first-order valence-electron chi connectivity index (χ1n) is 9.30. The number of hydrogen-bond donors (Lipinski definition) is 0. The number of aromatic nitrogens is 1. The number of fused-ring (bicyclic) bond motifs is 1. The van der Waals surface area contributed by atoms with E-state index in [9.17, 15) is 22.8 Å². The van der Waals surface area contributed by atoms with Crippen molar-refractivity contribution in [3.8, 4) is 0 Å². The van der Waals surface area contributed by atoms with Crippen molar-refractivity contribution in [1.82, 2.24) is 4.57 Å². The van der Waals surface area contributed by atoms with Gasteiger partial charge in [-0.15, -0.1) is 11.3 Å². The average molecular weight is 499 g/mol. The van der Waals surface area contributed by atoms with Crippen molar-refractivity contribution in [2.24, 2.45) is 4.99 Å². The number of thiophene rings is 1. The summed E-state index contributed by atoms with van der Waals surface area (Å²) in [5.74, 6) is -1.18. The Morgan fingerprint density at radius 3 is 2.59 bits per heavy atom. The Kier molecular flexibility index (Phi) is 6.11. The van der Waals surface area contributed by atoms with Crippen LogP contribution in [0.2, 0.25) is 5.02 Å². The van der Waals surface area contributed by atoms with Crippen molar-refractivity contribution in [2.75, 3.05) is 6.61 Å². The molecule has 5 nitrogen and oxygen atoms in total. The summed E-state index contributed by atoms with van der Waals surface area (Å²) in [6.07, 6.45) is -3.34. The number of carbonyl (C=O) groups excluding carboxylic acids is 1. The molecule has 0 amide bonds. The van der Waals surface area contributed by atoms with Crippen molar-refractivity contribution in [2.45, 2.75) is 19.1 Å². The first kappa shape index (κ1) is 22.5. The summed E-state index contributed by atoms with van der Waals surface area (Å²) in [5, 5.41) is 2.18. The average Bonchev–Trinajstić information content (AvgIpc) is 3.35. The predicted octanol–water partition coefficient (Wildman–Crippen LogP) is 4.06. The summed E-state index contributed by atoms with van der Waals surface area (Å²) >= 11 is 8.16. The Labute approximate surface area is 192 Å². The summed E-state index contributed by atoms with van der Waals surface area (Å²) in [5.41, 5.74) is -2.39. The molecule has 3 aromatic rings. The van der Waals surface area contributed by atoms with Gasteiger partial charge in [0.15, 0.2) is 10.5 Å². The van der Waals surface area contributed by atoms with E-state index in [1.54, 1.807) is 18.2 Å². The minimum absolute atomic E-state index is 0.135. The van der Waals surface area contributed by atoms with Gasteiger partial charge >= 0.3 is 12.1 Å². The number of hydrogen-bond acceptors (Lipinski definition) is 6. The standard InChI is InChI=1S/C21H14ClF3N2O3S2/c1-2-30-19(29)15-16(11-5-7-12(22)8-6-11)27-18(28)14(10-13-4-3-9-31-13)32-20(27)26-17(15)21(23,24)25/h3-10,16H,2H2,1H3/b14-10-/t16-/m0/s1. The lowest BCUT2D eigenvalue weighted by atomic mass is 9.95. The predicted molar refractivity (Wildman–Crippen MR) is 117 cm³/mol. The molecule has 1 aromatic carbocycles. The number of esters is 1. The van der Waals surface area contributed by atoms with Gasteiger partial charge < -0.3 is 4.74 Å². The molecule has 1 atom stereocenters. The molecule has 166 valence electrons. The lowest BCUT2D eigenvalue weighted by Crippen LogP contribution is -2.41. The van der Waals surface area contributed by atoms with Crippen LogP contribution in [0, 0.1) is 0 Å². The zero-order valence-corrected chi connectivity index (χ0v) is 18.7. The molecule has 0 bridgehead atoms. The van der Waals surface area contributed by atoms with Crippen molar-refractivity contribution in [1.29, 1.82) is 0 Å². The molecule has 0 radical (unpaired) electrons. The van der Waals surface area contributed by atoms with E-state index in [2.05, 4.69) is 4.99 Å². The third kappa shape index (κ3) is 4.17. The van der Waals surface area contributed by atoms with Crippen LogP contribution in [0.1, 0.15) is 23.4 Å². The van der Waals surface area contributed by atoms with Crippen LogP contribution in [0.5, 0.6) is 0 Å². The van der Waals surface area contributed by atoms with Crippen molar-refractivity contribution in [3.63, 3.8) is 0 Å². The van der Waals surface area contributed by atoms with Crippen LogP contribution >= 0.6 is 34.3 Å². The maximum atomic E-state index is 14.0. The molecule has 0 fully saturated rings. The summed E-state index contributed by atoms with van der Waals surface area (Å²) in [7, 11) is 0.